The molecule has 4 bridgehead atoms. The maximum Gasteiger partial charge on any atom is 0.311 e. The number of amides is 4. The number of hydrogen-bond donors (Lipinski definition) is 6. The number of phenolic OH excluding ortho intramolecular Hbond substituents is 1. The average Bonchev–Trinajstić information content (AvgIpc) is 3.08. The van der Waals surface area contributed by atoms with Crippen molar-refractivity contribution < 1.29 is 33.8 Å². The van der Waals surface area contributed by atoms with Crippen LogP contribution in [-0.2, 0) is 41.6 Å². The van der Waals surface area contributed by atoms with E-state index in [1.807, 2.05) is 36.6 Å². The highest BCUT2D eigenvalue weighted by atomic mass is 35.5. The first-order valence-corrected chi connectivity index (χ1v) is 18.7. The maximum absolute atomic E-state index is 14.0. The monoisotopic (exact) mass is 743 g/mol. The molecular formula is C37H50ClN5O7S. The summed E-state index contributed by atoms with van der Waals surface area (Å²) in [7, 11) is 1.42. The predicted octanol–water partition coefficient (Wildman–Crippen LogP) is 2.39. The van der Waals surface area contributed by atoms with Crippen molar-refractivity contribution >= 4 is 53.8 Å². The molecule has 7 N–H and O–H groups in total. The van der Waals surface area contributed by atoms with Gasteiger partial charge in [0.2, 0.25) is 23.6 Å². The number of hydrogen-bond acceptors (Lipinski definition) is 9. The molecule has 6 rings (SSSR count). The molecule has 51 heavy (non-hydrogen) atoms. The minimum atomic E-state index is -0.929. The Morgan fingerprint density at radius 1 is 0.882 bits per heavy atom. The van der Waals surface area contributed by atoms with Crippen LogP contribution in [0.15, 0.2) is 54.6 Å². The summed E-state index contributed by atoms with van der Waals surface area (Å²) in [4.78, 5) is 66.4. The summed E-state index contributed by atoms with van der Waals surface area (Å²) in [5, 5.41) is 21.0. The molecule has 4 amide bonds. The van der Waals surface area contributed by atoms with Gasteiger partial charge >= 0.3 is 5.97 Å². The molecule has 4 fully saturated rings. The topological polar surface area (TPSA) is 189 Å². The smallest absolute Gasteiger partial charge is 0.311 e. The Bertz CT molecular complexity index is 1530. The Kier molecular flexibility index (Phi) is 13.8. The number of methoxy groups -OCH3 is 1. The Hall–Kier alpha value is -3.81. The van der Waals surface area contributed by atoms with E-state index < -0.39 is 53.3 Å². The molecule has 2 unspecified atom stereocenters. The number of rotatable bonds is 16. The van der Waals surface area contributed by atoms with E-state index in [9.17, 15) is 29.1 Å². The fourth-order valence-electron chi connectivity index (χ4n) is 8.57. The van der Waals surface area contributed by atoms with Crippen LogP contribution in [0.4, 0.5) is 0 Å². The van der Waals surface area contributed by atoms with Gasteiger partial charge in [0, 0.05) is 12.0 Å². The van der Waals surface area contributed by atoms with E-state index in [4.69, 9.17) is 10.5 Å². The number of halogens is 1. The molecular weight excluding hydrogens is 694 g/mol. The molecule has 278 valence electrons. The van der Waals surface area contributed by atoms with E-state index in [0.717, 1.165) is 43.2 Å². The van der Waals surface area contributed by atoms with Gasteiger partial charge in [0.25, 0.3) is 0 Å². The fourth-order valence-corrected chi connectivity index (χ4v) is 9.04. The van der Waals surface area contributed by atoms with E-state index >= 15 is 0 Å². The molecule has 0 radical (unpaired) electrons. The number of benzene rings is 2. The van der Waals surface area contributed by atoms with Crippen LogP contribution >= 0.6 is 24.2 Å². The van der Waals surface area contributed by atoms with Gasteiger partial charge in [-0.05, 0) is 98.5 Å². The summed E-state index contributed by atoms with van der Waals surface area (Å²) >= 11 is 1.51. The SMILES string of the molecule is COC(=O)C12CC3CC(CC(NC(=O)[C@H](Cc4ccccc4)NC(=O)CNC(=O)[C@@H](CCSC)NC(=O)[C@@H](N)Cc4ccc(O)cc4)(C3)C1)C2.Cl. The number of ether oxygens (including phenoxy) is 1. The van der Waals surface area contributed by atoms with Crippen LogP contribution < -0.4 is 27.0 Å². The predicted molar refractivity (Wildman–Crippen MR) is 197 cm³/mol. The minimum absolute atomic E-state index is 0. The summed E-state index contributed by atoms with van der Waals surface area (Å²) < 4.78 is 5.23. The van der Waals surface area contributed by atoms with Gasteiger partial charge in [0.05, 0.1) is 25.1 Å². The number of nitrogens with two attached hydrogens (primary N) is 1. The minimum Gasteiger partial charge on any atom is -0.508 e. The van der Waals surface area contributed by atoms with Crippen LogP contribution in [0.25, 0.3) is 0 Å². The number of carbonyl (C=O) groups is 5. The van der Waals surface area contributed by atoms with E-state index in [0.29, 0.717) is 30.4 Å². The lowest BCUT2D eigenvalue weighted by molar-refractivity contribution is -0.173. The number of phenols is 1. The maximum atomic E-state index is 14.0. The third-order valence-electron chi connectivity index (χ3n) is 10.4. The molecule has 0 heterocycles. The molecule has 12 nitrogen and oxygen atoms in total. The molecule has 5 atom stereocenters. The number of aromatic hydroxyl groups is 1. The number of carbonyl (C=O) groups excluding carboxylic acids is 5. The van der Waals surface area contributed by atoms with Crippen LogP contribution in [0.5, 0.6) is 5.75 Å². The molecule has 0 saturated heterocycles. The lowest BCUT2D eigenvalue weighted by atomic mass is 9.47. The lowest BCUT2D eigenvalue weighted by Crippen LogP contribution is -2.67. The number of esters is 1. The Balaban J connectivity index is 0.00000583. The van der Waals surface area contributed by atoms with Crippen LogP contribution in [-0.4, -0.2) is 84.0 Å². The molecule has 0 spiro atoms. The number of thioether (sulfide) groups is 1. The van der Waals surface area contributed by atoms with Crippen LogP contribution in [0.2, 0.25) is 0 Å². The summed E-state index contributed by atoms with van der Waals surface area (Å²) in [5.41, 5.74) is 6.61. The highest BCUT2D eigenvalue weighted by Crippen LogP contribution is 2.62. The van der Waals surface area contributed by atoms with Crippen molar-refractivity contribution in [2.75, 3.05) is 25.7 Å². The van der Waals surface area contributed by atoms with Gasteiger partial charge in [-0.2, -0.15) is 11.8 Å². The van der Waals surface area contributed by atoms with Gasteiger partial charge in [0.1, 0.15) is 17.8 Å². The zero-order chi connectivity index (χ0) is 35.9. The largest absolute Gasteiger partial charge is 0.508 e. The molecule has 4 aliphatic rings. The lowest BCUT2D eigenvalue weighted by Gasteiger charge is -2.60. The zero-order valence-electron chi connectivity index (χ0n) is 29.2. The molecule has 2 aromatic rings. The summed E-state index contributed by atoms with van der Waals surface area (Å²) in [6, 6.07) is 13.0. The number of nitrogens with one attached hydrogen (secondary N) is 4. The van der Waals surface area contributed by atoms with Gasteiger partial charge in [-0.25, -0.2) is 0 Å². The zero-order valence-corrected chi connectivity index (χ0v) is 30.8. The third kappa shape index (κ3) is 10.2. The van der Waals surface area contributed by atoms with Crippen molar-refractivity contribution in [1.29, 1.82) is 0 Å². The first-order chi connectivity index (χ1) is 23.9. The van der Waals surface area contributed by atoms with Gasteiger partial charge in [-0.15, -0.1) is 12.4 Å². The quantitative estimate of drug-likeness (QED) is 0.140. The van der Waals surface area contributed by atoms with Crippen molar-refractivity contribution in [1.82, 2.24) is 21.3 Å². The third-order valence-corrected chi connectivity index (χ3v) is 11.0. The van der Waals surface area contributed by atoms with Crippen LogP contribution in [0.3, 0.4) is 0 Å². The normalized spacial score (nSPS) is 24.6. The van der Waals surface area contributed by atoms with Crippen molar-refractivity contribution in [2.45, 2.75) is 81.5 Å². The van der Waals surface area contributed by atoms with Crippen molar-refractivity contribution in [2.24, 2.45) is 23.0 Å². The summed E-state index contributed by atoms with van der Waals surface area (Å²) in [6.45, 7) is -0.399. The molecule has 0 aromatic heterocycles. The summed E-state index contributed by atoms with van der Waals surface area (Å²) in [6.07, 6.45) is 7.36. The van der Waals surface area contributed by atoms with Gasteiger partial charge < -0.3 is 36.8 Å². The average molecular weight is 744 g/mol. The first-order valence-electron chi connectivity index (χ1n) is 17.3. The van der Waals surface area contributed by atoms with Crippen molar-refractivity contribution in [3.63, 3.8) is 0 Å². The van der Waals surface area contributed by atoms with Gasteiger partial charge in [-0.3, -0.25) is 24.0 Å². The van der Waals surface area contributed by atoms with Crippen LogP contribution in [0.1, 0.15) is 56.1 Å². The van der Waals surface area contributed by atoms with E-state index in [-0.39, 0.29) is 42.9 Å². The molecule has 4 saturated carbocycles. The first kappa shape index (κ1) is 40.0. The molecule has 4 aliphatic carbocycles. The standard InChI is InChI=1S/C37H49N5O7S.ClH/c1-49-35(48)36-17-25-14-26(18-36)20-37(19-25,22-36)42-34(47)30(16-23-6-4-3-5-7-23)40-31(44)21-39-33(46)29(12-13-50-2)41-32(45)28(38)15-24-8-10-27(43)11-9-24;/h3-11,25-26,28-30,43H,12-22,38H2,1-2H3,(H,39,46)(H,40,44)(H,41,45)(H,42,47);1H/t25?,26?,28-,29+,30-,36?,37?;/m0./s1. The van der Waals surface area contributed by atoms with E-state index in [2.05, 4.69) is 21.3 Å². The van der Waals surface area contributed by atoms with Crippen molar-refractivity contribution in [3.8, 4) is 5.75 Å². The Morgan fingerprint density at radius 2 is 1.53 bits per heavy atom. The second-order valence-electron chi connectivity index (χ2n) is 14.3. The Labute approximate surface area is 309 Å². The van der Waals surface area contributed by atoms with E-state index in [1.165, 1.54) is 31.0 Å². The molecule has 0 aliphatic heterocycles. The van der Waals surface area contributed by atoms with E-state index in [1.54, 1.807) is 12.1 Å². The second kappa shape index (κ2) is 17.6. The summed E-state index contributed by atoms with van der Waals surface area (Å²) in [5.74, 6) is -0.794. The van der Waals surface area contributed by atoms with Gasteiger partial charge in [0.15, 0.2) is 0 Å². The fraction of sp³-hybridized carbons (Fsp3) is 0.541. The Morgan fingerprint density at radius 3 is 2.16 bits per heavy atom. The second-order valence-corrected chi connectivity index (χ2v) is 15.3. The van der Waals surface area contributed by atoms with Gasteiger partial charge in [-0.1, -0.05) is 42.5 Å². The highest BCUT2D eigenvalue weighted by Gasteiger charge is 2.61. The van der Waals surface area contributed by atoms with Crippen LogP contribution in [0, 0.1) is 17.3 Å². The molecule has 14 heteroatoms. The van der Waals surface area contributed by atoms with Crippen molar-refractivity contribution in [3.05, 3.63) is 65.7 Å². The molecule has 2 aromatic carbocycles. The highest BCUT2D eigenvalue weighted by molar-refractivity contribution is 7.98.